The molecule has 0 unspecified atom stereocenters. The summed E-state index contributed by atoms with van der Waals surface area (Å²) in [6, 6.07) is 1.87. The van der Waals surface area contributed by atoms with Gasteiger partial charge in [-0.05, 0) is 6.07 Å². The Bertz CT molecular complexity index is 515. The predicted molar refractivity (Wildman–Crippen MR) is 58.2 cm³/mol. The van der Waals surface area contributed by atoms with Crippen LogP contribution in [0.1, 0.15) is 17.4 Å². The van der Waals surface area contributed by atoms with Crippen molar-refractivity contribution in [3.63, 3.8) is 0 Å². The van der Waals surface area contributed by atoms with E-state index in [4.69, 9.17) is 0 Å². The van der Waals surface area contributed by atoms with Gasteiger partial charge >= 0.3 is 0 Å². The van der Waals surface area contributed by atoms with Crippen LogP contribution in [0, 0.1) is 0 Å². The zero-order chi connectivity index (χ0) is 11.0. The van der Waals surface area contributed by atoms with E-state index in [9.17, 15) is 4.79 Å². The Morgan fingerprint density at radius 3 is 2.80 bits per heavy atom. The summed E-state index contributed by atoms with van der Waals surface area (Å²) in [5, 5.41) is 7.51. The first-order valence-corrected chi connectivity index (χ1v) is 4.62. The average Bonchev–Trinajstić information content (AvgIpc) is 2.60. The van der Waals surface area contributed by atoms with E-state index in [-0.39, 0.29) is 5.78 Å². The topological polar surface area (TPSA) is 61.9 Å². The molecule has 0 bridgehead atoms. The third-order valence-electron chi connectivity index (χ3n) is 2.27. The van der Waals surface area contributed by atoms with E-state index in [1.807, 2.05) is 25.1 Å². The number of aromatic amines is 1. The summed E-state index contributed by atoms with van der Waals surface area (Å²) in [5.41, 5.74) is 2.03. The quantitative estimate of drug-likeness (QED) is 0.747. The number of rotatable bonds is 2. The molecular formula is C10H12N4O. The Balaban J connectivity index is 2.80. The molecule has 78 valence electrons. The lowest BCUT2D eigenvalue weighted by Gasteiger charge is -2.13. The first-order chi connectivity index (χ1) is 7.11. The molecule has 0 saturated carbocycles. The van der Waals surface area contributed by atoms with Crippen molar-refractivity contribution in [2.45, 2.75) is 6.92 Å². The third-order valence-corrected chi connectivity index (χ3v) is 2.27. The first kappa shape index (κ1) is 9.64. The van der Waals surface area contributed by atoms with Crippen molar-refractivity contribution < 1.29 is 4.79 Å². The minimum Gasteiger partial charge on any atom is -0.377 e. The number of fused-ring (bicyclic) bond motifs is 1. The zero-order valence-electron chi connectivity index (χ0n) is 8.90. The first-order valence-electron chi connectivity index (χ1n) is 4.62. The number of carbonyl (C=O) groups excluding carboxylic acids is 1. The van der Waals surface area contributed by atoms with Crippen molar-refractivity contribution in [2.75, 3.05) is 19.0 Å². The standard InChI is InChI=1S/C10H12N4O/c1-6(15)9-8-7(14(2)3)4-5-11-10(8)13-12-9/h4-5H,1-3H3,(H,11,12,13). The lowest BCUT2D eigenvalue weighted by atomic mass is 10.2. The molecule has 2 rings (SSSR count). The summed E-state index contributed by atoms with van der Waals surface area (Å²) in [4.78, 5) is 17.4. The largest absolute Gasteiger partial charge is 0.377 e. The maximum atomic E-state index is 11.4. The maximum absolute atomic E-state index is 11.4. The van der Waals surface area contributed by atoms with Gasteiger partial charge in [0.1, 0.15) is 5.69 Å². The molecule has 0 aliphatic carbocycles. The van der Waals surface area contributed by atoms with Crippen LogP contribution in [0.15, 0.2) is 12.3 Å². The second-order valence-electron chi connectivity index (χ2n) is 3.58. The average molecular weight is 204 g/mol. The van der Waals surface area contributed by atoms with Gasteiger partial charge in [0.2, 0.25) is 0 Å². The number of hydrogen-bond acceptors (Lipinski definition) is 4. The SMILES string of the molecule is CC(=O)c1[nH]nc2nccc(N(C)C)c12. The number of aromatic nitrogens is 3. The highest BCUT2D eigenvalue weighted by Gasteiger charge is 2.14. The number of nitrogens with one attached hydrogen (secondary N) is 1. The molecule has 5 nitrogen and oxygen atoms in total. The number of carbonyl (C=O) groups is 1. The van der Waals surface area contributed by atoms with Crippen LogP contribution >= 0.6 is 0 Å². The lowest BCUT2D eigenvalue weighted by molar-refractivity contribution is 0.101. The Kier molecular flexibility index (Phi) is 2.15. The van der Waals surface area contributed by atoms with Gasteiger partial charge in [-0.1, -0.05) is 0 Å². The van der Waals surface area contributed by atoms with Crippen molar-refractivity contribution in [3.05, 3.63) is 18.0 Å². The second-order valence-corrected chi connectivity index (χ2v) is 3.58. The van der Waals surface area contributed by atoms with Crippen molar-refractivity contribution >= 4 is 22.5 Å². The van der Waals surface area contributed by atoms with Gasteiger partial charge in [-0.25, -0.2) is 4.98 Å². The van der Waals surface area contributed by atoms with Crippen molar-refractivity contribution in [2.24, 2.45) is 0 Å². The monoisotopic (exact) mass is 204 g/mol. The molecule has 0 atom stereocenters. The molecule has 2 aromatic rings. The second kappa shape index (κ2) is 3.34. The molecule has 0 amide bonds. The maximum Gasteiger partial charge on any atom is 0.183 e. The molecule has 0 aliphatic heterocycles. The fourth-order valence-corrected chi connectivity index (χ4v) is 1.56. The molecule has 15 heavy (non-hydrogen) atoms. The molecule has 0 radical (unpaired) electrons. The molecule has 2 aromatic heterocycles. The highest BCUT2D eigenvalue weighted by molar-refractivity contribution is 6.08. The van der Waals surface area contributed by atoms with Crippen LogP contribution in [-0.2, 0) is 0 Å². The number of anilines is 1. The van der Waals surface area contributed by atoms with Gasteiger partial charge in [0.05, 0.1) is 11.1 Å². The Morgan fingerprint density at radius 2 is 2.20 bits per heavy atom. The van der Waals surface area contributed by atoms with Crippen LogP contribution in [0.4, 0.5) is 5.69 Å². The van der Waals surface area contributed by atoms with Crippen LogP contribution in [0.25, 0.3) is 11.0 Å². The number of pyridine rings is 1. The minimum atomic E-state index is -0.0337. The van der Waals surface area contributed by atoms with Gasteiger partial charge < -0.3 is 4.90 Å². The summed E-state index contributed by atoms with van der Waals surface area (Å²) in [6.07, 6.45) is 1.68. The van der Waals surface area contributed by atoms with Crippen LogP contribution in [0.3, 0.4) is 0 Å². The predicted octanol–water partition coefficient (Wildman–Crippen LogP) is 1.23. The highest BCUT2D eigenvalue weighted by atomic mass is 16.1. The summed E-state index contributed by atoms with van der Waals surface area (Å²) >= 11 is 0. The molecule has 1 N–H and O–H groups in total. The molecule has 0 spiro atoms. The number of H-pyrrole nitrogens is 1. The van der Waals surface area contributed by atoms with Crippen LogP contribution in [0.5, 0.6) is 0 Å². The molecule has 5 heteroatoms. The summed E-state index contributed by atoms with van der Waals surface area (Å²) in [6.45, 7) is 1.51. The summed E-state index contributed by atoms with van der Waals surface area (Å²) in [5.74, 6) is -0.0337. The Morgan fingerprint density at radius 1 is 1.47 bits per heavy atom. The highest BCUT2D eigenvalue weighted by Crippen LogP contribution is 2.25. The van der Waals surface area contributed by atoms with Gasteiger partial charge in [-0.2, -0.15) is 5.10 Å². The minimum absolute atomic E-state index is 0.0337. The normalized spacial score (nSPS) is 10.6. The number of nitrogens with zero attached hydrogens (tertiary/aromatic N) is 3. The molecule has 0 fully saturated rings. The molecule has 0 aliphatic rings. The van der Waals surface area contributed by atoms with Crippen LogP contribution < -0.4 is 4.90 Å². The lowest BCUT2D eigenvalue weighted by Crippen LogP contribution is -2.10. The van der Waals surface area contributed by atoms with Crippen molar-refractivity contribution in [1.29, 1.82) is 0 Å². The van der Waals surface area contributed by atoms with E-state index in [1.165, 1.54) is 6.92 Å². The zero-order valence-corrected chi connectivity index (χ0v) is 8.90. The van der Waals surface area contributed by atoms with Gasteiger partial charge in [-0.3, -0.25) is 9.89 Å². The van der Waals surface area contributed by atoms with Gasteiger partial charge in [-0.15, -0.1) is 0 Å². The van der Waals surface area contributed by atoms with Gasteiger partial charge in [0, 0.05) is 27.2 Å². The van der Waals surface area contributed by atoms with Gasteiger partial charge in [0.15, 0.2) is 11.4 Å². The van der Waals surface area contributed by atoms with E-state index >= 15 is 0 Å². The molecule has 2 heterocycles. The van der Waals surface area contributed by atoms with E-state index < -0.39 is 0 Å². The van der Waals surface area contributed by atoms with E-state index in [0.717, 1.165) is 11.1 Å². The summed E-state index contributed by atoms with van der Waals surface area (Å²) in [7, 11) is 3.84. The molecule has 0 saturated heterocycles. The van der Waals surface area contributed by atoms with Crippen LogP contribution in [-0.4, -0.2) is 35.1 Å². The van der Waals surface area contributed by atoms with Crippen molar-refractivity contribution in [1.82, 2.24) is 15.2 Å². The fourth-order valence-electron chi connectivity index (χ4n) is 1.56. The molecular weight excluding hydrogens is 192 g/mol. The fraction of sp³-hybridized carbons (Fsp3) is 0.300. The van der Waals surface area contributed by atoms with Gasteiger partial charge in [0.25, 0.3) is 0 Å². The molecule has 0 aromatic carbocycles. The van der Waals surface area contributed by atoms with E-state index in [2.05, 4.69) is 15.2 Å². The Hall–Kier alpha value is -1.91. The van der Waals surface area contributed by atoms with Crippen LogP contribution in [0.2, 0.25) is 0 Å². The van der Waals surface area contributed by atoms with E-state index in [1.54, 1.807) is 6.20 Å². The number of hydrogen-bond donors (Lipinski definition) is 1. The Labute approximate surface area is 87.1 Å². The third kappa shape index (κ3) is 1.45. The van der Waals surface area contributed by atoms with Crippen molar-refractivity contribution in [3.8, 4) is 0 Å². The van der Waals surface area contributed by atoms with E-state index in [0.29, 0.717) is 11.3 Å². The summed E-state index contributed by atoms with van der Waals surface area (Å²) < 4.78 is 0. The smallest absolute Gasteiger partial charge is 0.183 e. The number of ketones is 1. The number of Topliss-reactive ketones (excluding diaryl/α,β-unsaturated/α-hetero) is 1.